The lowest BCUT2D eigenvalue weighted by Gasteiger charge is -2.23. The molecule has 0 heterocycles. The molecule has 0 spiro atoms. The second-order valence-electron chi connectivity index (χ2n) is 4.30. The number of alkyl halides is 3. The van der Waals surface area contributed by atoms with Crippen molar-refractivity contribution in [3.05, 3.63) is 34.9 Å². The van der Waals surface area contributed by atoms with Gasteiger partial charge in [0.15, 0.2) is 0 Å². The first-order chi connectivity index (χ1) is 8.85. The van der Waals surface area contributed by atoms with Gasteiger partial charge in [0.25, 0.3) is 0 Å². The van der Waals surface area contributed by atoms with Crippen LogP contribution in [0.4, 0.5) is 13.2 Å². The van der Waals surface area contributed by atoms with Gasteiger partial charge < -0.3 is 5.11 Å². The van der Waals surface area contributed by atoms with Gasteiger partial charge in [0.2, 0.25) is 0 Å². The van der Waals surface area contributed by atoms with Crippen molar-refractivity contribution in [1.82, 2.24) is 4.90 Å². The van der Waals surface area contributed by atoms with E-state index in [0.29, 0.717) is 5.56 Å². The Morgan fingerprint density at radius 1 is 1.37 bits per heavy atom. The minimum Gasteiger partial charge on any atom is -0.395 e. The van der Waals surface area contributed by atoms with Crippen LogP contribution in [-0.2, 0) is 6.54 Å². The van der Waals surface area contributed by atoms with Gasteiger partial charge in [0, 0.05) is 13.1 Å². The summed E-state index contributed by atoms with van der Waals surface area (Å²) in [6, 6.07) is 6.84. The fraction of sp³-hybridized carbons (Fsp3) is 0.462. The standard InChI is InChI=1S/C13H15F3N2O/c1-10-6-11(7-17)2-3-12(10)8-18(4-5-19)9-13(14,15)16/h2-3,6,19H,4-5,8-9H2,1H3. The van der Waals surface area contributed by atoms with E-state index in [9.17, 15) is 13.2 Å². The Kier molecular flexibility index (Phi) is 5.33. The Labute approximate surface area is 109 Å². The van der Waals surface area contributed by atoms with Gasteiger partial charge in [0.1, 0.15) is 0 Å². The lowest BCUT2D eigenvalue weighted by molar-refractivity contribution is -0.148. The molecular weight excluding hydrogens is 257 g/mol. The average molecular weight is 272 g/mol. The molecule has 6 heteroatoms. The summed E-state index contributed by atoms with van der Waals surface area (Å²) in [5.41, 5.74) is 1.96. The first-order valence-electron chi connectivity index (χ1n) is 5.75. The smallest absolute Gasteiger partial charge is 0.395 e. The molecule has 0 aliphatic carbocycles. The Morgan fingerprint density at radius 3 is 2.53 bits per heavy atom. The maximum Gasteiger partial charge on any atom is 0.401 e. The van der Waals surface area contributed by atoms with E-state index < -0.39 is 12.7 Å². The monoisotopic (exact) mass is 272 g/mol. The topological polar surface area (TPSA) is 47.3 Å². The fourth-order valence-electron chi connectivity index (χ4n) is 1.79. The van der Waals surface area contributed by atoms with Gasteiger partial charge in [-0.25, -0.2) is 0 Å². The second-order valence-corrected chi connectivity index (χ2v) is 4.30. The zero-order valence-corrected chi connectivity index (χ0v) is 10.5. The normalized spacial score (nSPS) is 11.6. The van der Waals surface area contributed by atoms with Gasteiger partial charge in [0.05, 0.1) is 24.8 Å². The SMILES string of the molecule is Cc1cc(C#N)ccc1CN(CCO)CC(F)(F)F. The third-order valence-electron chi connectivity index (χ3n) is 2.68. The van der Waals surface area contributed by atoms with E-state index in [-0.39, 0.29) is 19.7 Å². The number of halogens is 3. The van der Waals surface area contributed by atoms with E-state index in [2.05, 4.69) is 0 Å². The quantitative estimate of drug-likeness (QED) is 0.894. The highest BCUT2D eigenvalue weighted by molar-refractivity contribution is 5.37. The van der Waals surface area contributed by atoms with Crippen LogP contribution in [0.15, 0.2) is 18.2 Å². The first-order valence-corrected chi connectivity index (χ1v) is 5.75. The minimum atomic E-state index is -4.30. The summed E-state index contributed by atoms with van der Waals surface area (Å²) in [4.78, 5) is 1.13. The Morgan fingerprint density at radius 2 is 2.05 bits per heavy atom. The highest BCUT2D eigenvalue weighted by Gasteiger charge is 2.30. The Balaban J connectivity index is 2.82. The average Bonchev–Trinajstić information content (AvgIpc) is 2.30. The number of nitrogens with zero attached hydrogens (tertiary/aromatic N) is 2. The molecule has 1 rings (SSSR count). The number of aliphatic hydroxyl groups excluding tert-OH is 1. The summed E-state index contributed by atoms with van der Waals surface area (Å²) in [5, 5.41) is 17.5. The predicted octanol–water partition coefficient (Wildman–Crippen LogP) is 2.22. The molecule has 0 unspecified atom stereocenters. The third kappa shape index (κ3) is 5.28. The van der Waals surface area contributed by atoms with E-state index in [1.807, 2.05) is 6.07 Å². The van der Waals surface area contributed by atoms with Gasteiger partial charge in [-0.3, -0.25) is 4.90 Å². The van der Waals surface area contributed by atoms with E-state index >= 15 is 0 Å². The minimum absolute atomic E-state index is 0.0427. The molecule has 104 valence electrons. The molecule has 0 amide bonds. The van der Waals surface area contributed by atoms with Crippen LogP contribution in [0.2, 0.25) is 0 Å². The largest absolute Gasteiger partial charge is 0.401 e. The number of benzene rings is 1. The summed E-state index contributed by atoms with van der Waals surface area (Å²) in [7, 11) is 0. The maximum atomic E-state index is 12.4. The molecule has 0 atom stereocenters. The zero-order valence-electron chi connectivity index (χ0n) is 10.5. The van der Waals surface area contributed by atoms with E-state index in [4.69, 9.17) is 10.4 Å². The van der Waals surface area contributed by atoms with Crippen molar-refractivity contribution in [2.45, 2.75) is 19.6 Å². The number of hydrogen-bond acceptors (Lipinski definition) is 3. The van der Waals surface area contributed by atoms with Crippen LogP contribution in [0.1, 0.15) is 16.7 Å². The number of nitriles is 1. The summed E-state index contributed by atoms with van der Waals surface area (Å²) < 4.78 is 37.2. The Bertz CT molecular complexity index is 466. The van der Waals surface area contributed by atoms with Gasteiger partial charge in [-0.2, -0.15) is 18.4 Å². The van der Waals surface area contributed by atoms with E-state index in [1.165, 1.54) is 0 Å². The van der Waals surface area contributed by atoms with Crippen LogP contribution < -0.4 is 0 Å². The lowest BCUT2D eigenvalue weighted by Crippen LogP contribution is -2.35. The molecule has 0 fully saturated rings. The predicted molar refractivity (Wildman–Crippen MR) is 64.3 cm³/mol. The van der Waals surface area contributed by atoms with Gasteiger partial charge in [-0.15, -0.1) is 0 Å². The van der Waals surface area contributed by atoms with Gasteiger partial charge in [-0.05, 0) is 30.2 Å². The molecule has 0 aromatic heterocycles. The molecule has 0 bridgehead atoms. The zero-order chi connectivity index (χ0) is 14.5. The summed E-state index contributed by atoms with van der Waals surface area (Å²) in [6.45, 7) is 0.413. The molecule has 3 nitrogen and oxygen atoms in total. The number of aryl methyl sites for hydroxylation is 1. The van der Waals surface area contributed by atoms with Crippen molar-refractivity contribution < 1.29 is 18.3 Å². The van der Waals surface area contributed by atoms with Crippen molar-refractivity contribution in [2.75, 3.05) is 19.7 Å². The molecule has 1 aromatic carbocycles. The molecular formula is C13H15F3N2O. The van der Waals surface area contributed by atoms with Gasteiger partial charge in [-0.1, -0.05) is 6.07 Å². The van der Waals surface area contributed by atoms with E-state index in [1.54, 1.807) is 25.1 Å². The van der Waals surface area contributed by atoms with Crippen LogP contribution in [0.5, 0.6) is 0 Å². The Hall–Kier alpha value is -1.58. The molecule has 0 saturated carbocycles. The molecule has 1 aromatic rings. The first kappa shape index (κ1) is 15.5. The number of aliphatic hydroxyl groups is 1. The molecule has 1 N–H and O–H groups in total. The molecule has 0 aliphatic rings. The van der Waals surface area contributed by atoms with Crippen LogP contribution in [0.25, 0.3) is 0 Å². The summed E-state index contributed by atoms with van der Waals surface area (Å²) in [5.74, 6) is 0. The lowest BCUT2D eigenvalue weighted by atomic mass is 10.1. The second kappa shape index (κ2) is 6.55. The van der Waals surface area contributed by atoms with Crippen LogP contribution in [-0.4, -0.2) is 35.9 Å². The van der Waals surface area contributed by atoms with Crippen molar-refractivity contribution in [3.8, 4) is 6.07 Å². The number of hydrogen-bond donors (Lipinski definition) is 1. The maximum absolute atomic E-state index is 12.4. The van der Waals surface area contributed by atoms with E-state index in [0.717, 1.165) is 16.0 Å². The van der Waals surface area contributed by atoms with Crippen LogP contribution in [0.3, 0.4) is 0 Å². The van der Waals surface area contributed by atoms with Crippen molar-refractivity contribution in [2.24, 2.45) is 0 Å². The van der Waals surface area contributed by atoms with Crippen molar-refractivity contribution in [1.29, 1.82) is 5.26 Å². The fourth-order valence-corrected chi connectivity index (χ4v) is 1.79. The third-order valence-corrected chi connectivity index (χ3v) is 2.68. The van der Waals surface area contributed by atoms with Crippen LogP contribution >= 0.6 is 0 Å². The molecule has 0 aliphatic heterocycles. The molecule has 0 radical (unpaired) electrons. The summed E-state index contributed by atoms with van der Waals surface area (Å²) >= 11 is 0. The highest BCUT2D eigenvalue weighted by Crippen LogP contribution is 2.19. The molecule has 19 heavy (non-hydrogen) atoms. The molecule has 0 saturated heterocycles. The van der Waals surface area contributed by atoms with Crippen LogP contribution in [0, 0.1) is 18.3 Å². The van der Waals surface area contributed by atoms with Crippen molar-refractivity contribution >= 4 is 0 Å². The highest BCUT2D eigenvalue weighted by atomic mass is 19.4. The van der Waals surface area contributed by atoms with Crippen molar-refractivity contribution in [3.63, 3.8) is 0 Å². The summed E-state index contributed by atoms with van der Waals surface area (Å²) in [6.07, 6.45) is -4.30. The van der Waals surface area contributed by atoms with Gasteiger partial charge >= 0.3 is 6.18 Å². The number of rotatable bonds is 5.